The molecule has 0 bridgehead atoms. The van der Waals surface area contributed by atoms with Crippen LogP contribution in [0.2, 0.25) is 0 Å². The van der Waals surface area contributed by atoms with E-state index >= 15 is 0 Å². The van der Waals surface area contributed by atoms with Gasteiger partial charge in [-0.15, -0.1) is 12.4 Å². The Morgan fingerprint density at radius 2 is 1.58 bits per heavy atom. The number of esters is 1. The lowest BCUT2D eigenvalue weighted by molar-refractivity contribution is -0.149. The van der Waals surface area contributed by atoms with Crippen molar-refractivity contribution in [2.45, 2.75) is 37.8 Å². The molecule has 2 aromatic carbocycles. The molecule has 3 rings (SSSR count). The van der Waals surface area contributed by atoms with Gasteiger partial charge in [-0.05, 0) is 30.5 Å². The fraction of sp³-hybridized carbons (Fsp3) is 0.350. The summed E-state index contributed by atoms with van der Waals surface area (Å²) >= 11 is 0. The SMILES string of the molecule is CC(=O)OC1CCCNC1C(c1ccccc1)c1ccccc1.Cl. The van der Waals surface area contributed by atoms with E-state index in [1.807, 2.05) is 12.1 Å². The molecule has 2 aromatic rings. The molecule has 0 radical (unpaired) electrons. The van der Waals surface area contributed by atoms with E-state index in [0.717, 1.165) is 19.4 Å². The van der Waals surface area contributed by atoms with Crippen molar-refractivity contribution in [3.8, 4) is 0 Å². The van der Waals surface area contributed by atoms with E-state index in [2.05, 4.69) is 53.8 Å². The molecule has 2 unspecified atom stereocenters. The molecule has 0 aliphatic carbocycles. The molecule has 1 saturated heterocycles. The molecule has 0 amide bonds. The van der Waals surface area contributed by atoms with Crippen LogP contribution in [-0.2, 0) is 9.53 Å². The lowest BCUT2D eigenvalue weighted by atomic mass is 9.80. The Bertz CT molecular complexity index is 593. The van der Waals surface area contributed by atoms with E-state index in [-0.39, 0.29) is 36.4 Å². The summed E-state index contributed by atoms with van der Waals surface area (Å²) < 4.78 is 5.63. The number of carbonyl (C=O) groups excluding carboxylic acids is 1. The number of ether oxygens (including phenoxy) is 1. The summed E-state index contributed by atoms with van der Waals surface area (Å²) in [5.74, 6) is -0.0365. The molecule has 3 nitrogen and oxygen atoms in total. The number of carbonyl (C=O) groups is 1. The number of hydrogen-bond acceptors (Lipinski definition) is 3. The maximum atomic E-state index is 11.5. The molecule has 128 valence electrons. The van der Waals surface area contributed by atoms with E-state index in [9.17, 15) is 4.79 Å². The first-order valence-electron chi connectivity index (χ1n) is 8.26. The topological polar surface area (TPSA) is 38.3 Å². The quantitative estimate of drug-likeness (QED) is 0.853. The van der Waals surface area contributed by atoms with Gasteiger partial charge in [0, 0.05) is 12.8 Å². The van der Waals surface area contributed by atoms with Crippen LogP contribution in [0, 0.1) is 0 Å². The highest BCUT2D eigenvalue weighted by molar-refractivity contribution is 5.85. The Labute approximate surface area is 149 Å². The van der Waals surface area contributed by atoms with Gasteiger partial charge in [0.25, 0.3) is 0 Å². The zero-order valence-electron chi connectivity index (χ0n) is 13.9. The highest BCUT2D eigenvalue weighted by atomic mass is 35.5. The molecule has 24 heavy (non-hydrogen) atoms. The molecule has 2 atom stereocenters. The molecular formula is C20H24ClNO2. The molecule has 1 N–H and O–H groups in total. The van der Waals surface area contributed by atoms with Crippen LogP contribution in [-0.4, -0.2) is 24.7 Å². The summed E-state index contributed by atoms with van der Waals surface area (Å²) in [7, 11) is 0. The average Bonchev–Trinajstić information content (AvgIpc) is 2.58. The molecule has 1 aliphatic rings. The lowest BCUT2D eigenvalue weighted by Crippen LogP contribution is -2.50. The summed E-state index contributed by atoms with van der Waals surface area (Å²) in [5.41, 5.74) is 2.49. The summed E-state index contributed by atoms with van der Waals surface area (Å²) in [6, 6.07) is 21.0. The molecular weight excluding hydrogens is 322 g/mol. The third-order valence-corrected chi connectivity index (χ3v) is 4.44. The second-order valence-electron chi connectivity index (χ2n) is 6.07. The van der Waals surface area contributed by atoms with Gasteiger partial charge >= 0.3 is 5.97 Å². The van der Waals surface area contributed by atoms with Gasteiger partial charge in [0.05, 0.1) is 6.04 Å². The molecule has 0 spiro atoms. The average molecular weight is 346 g/mol. The lowest BCUT2D eigenvalue weighted by Gasteiger charge is -2.38. The van der Waals surface area contributed by atoms with Gasteiger partial charge in [-0.3, -0.25) is 4.79 Å². The van der Waals surface area contributed by atoms with E-state index in [1.165, 1.54) is 18.1 Å². The minimum absolute atomic E-state index is 0. The van der Waals surface area contributed by atoms with E-state index < -0.39 is 0 Å². The molecule has 1 fully saturated rings. The van der Waals surface area contributed by atoms with Gasteiger partial charge in [-0.25, -0.2) is 0 Å². The number of benzene rings is 2. The van der Waals surface area contributed by atoms with Crippen LogP contribution in [0.5, 0.6) is 0 Å². The van der Waals surface area contributed by atoms with Crippen LogP contribution in [0.1, 0.15) is 36.8 Å². The smallest absolute Gasteiger partial charge is 0.302 e. The van der Waals surface area contributed by atoms with Crippen LogP contribution < -0.4 is 5.32 Å². The van der Waals surface area contributed by atoms with E-state index in [4.69, 9.17) is 4.74 Å². The van der Waals surface area contributed by atoms with Crippen LogP contribution in [0.15, 0.2) is 60.7 Å². The first-order chi connectivity index (χ1) is 11.3. The highest BCUT2D eigenvalue weighted by Gasteiger charge is 2.35. The monoisotopic (exact) mass is 345 g/mol. The van der Waals surface area contributed by atoms with Crippen molar-refractivity contribution >= 4 is 18.4 Å². The van der Waals surface area contributed by atoms with Gasteiger partial charge in [0.15, 0.2) is 0 Å². The Morgan fingerprint density at radius 1 is 1.04 bits per heavy atom. The number of hydrogen-bond donors (Lipinski definition) is 1. The summed E-state index contributed by atoms with van der Waals surface area (Å²) in [6.45, 7) is 2.45. The van der Waals surface area contributed by atoms with Crippen LogP contribution in [0.3, 0.4) is 0 Å². The van der Waals surface area contributed by atoms with Crippen molar-refractivity contribution < 1.29 is 9.53 Å². The van der Waals surface area contributed by atoms with Crippen molar-refractivity contribution in [2.75, 3.05) is 6.54 Å². The predicted octanol–water partition coefficient (Wildman–Crippen LogP) is 3.92. The third kappa shape index (κ3) is 4.37. The highest BCUT2D eigenvalue weighted by Crippen LogP contribution is 2.33. The number of nitrogens with one attached hydrogen (secondary N) is 1. The summed E-state index contributed by atoms with van der Waals surface area (Å²) in [4.78, 5) is 11.5. The third-order valence-electron chi connectivity index (χ3n) is 4.44. The Hall–Kier alpha value is -1.84. The normalized spacial score (nSPS) is 20.2. The number of piperidine rings is 1. The fourth-order valence-electron chi connectivity index (χ4n) is 3.49. The Kier molecular flexibility index (Phi) is 6.83. The van der Waals surface area contributed by atoms with Gasteiger partial charge in [-0.2, -0.15) is 0 Å². The molecule has 1 heterocycles. The largest absolute Gasteiger partial charge is 0.461 e. The van der Waals surface area contributed by atoms with Crippen molar-refractivity contribution in [1.82, 2.24) is 5.32 Å². The number of halogens is 1. The van der Waals surface area contributed by atoms with Crippen molar-refractivity contribution in [2.24, 2.45) is 0 Å². The first-order valence-corrected chi connectivity index (χ1v) is 8.26. The minimum Gasteiger partial charge on any atom is -0.461 e. The second kappa shape index (κ2) is 8.86. The molecule has 1 aliphatic heterocycles. The molecule has 0 aromatic heterocycles. The van der Waals surface area contributed by atoms with Gasteiger partial charge in [-0.1, -0.05) is 60.7 Å². The fourth-order valence-corrected chi connectivity index (χ4v) is 3.49. The molecule has 4 heteroatoms. The Balaban J connectivity index is 0.00000208. The minimum atomic E-state index is -0.205. The Morgan fingerprint density at radius 3 is 2.08 bits per heavy atom. The van der Waals surface area contributed by atoms with Gasteiger partial charge < -0.3 is 10.1 Å². The first kappa shape index (κ1) is 18.5. The van der Waals surface area contributed by atoms with Gasteiger partial charge in [0.1, 0.15) is 6.10 Å². The zero-order valence-corrected chi connectivity index (χ0v) is 14.7. The standard InChI is InChI=1S/C20H23NO2.ClH/c1-15(22)23-18-13-8-14-21-20(18)19(16-9-4-2-5-10-16)17-11-6-3-7-12-17;/h2-7,9-12,18-21H,8,13-14H2,1H3;1H. The van der Waals surface area contributed by atoms with Crippen molar-refractivity contribution in [1.29, 1.82) is 0 Å². The predicted molar refractivity (Wildman–Crippen MR) is 98.6 cm³/mol. The van der Waals surface area contributed by atoms with Crippen molar-refractivity contribution in [3.63, 3.8) is 0 Å². The van der Waals surface area contributed by atoms with Crippen molar-refractivity contribution in [3.05, 3.63) is 71.8 Å². The van der Waals surface area contributed by atoms with Crippen LogP contribution in [0.4, 0.5) is 0 Å². The number of rotatable bonds is 4. The van der Waals surface area contributed by atoms with Gasteiger partial charge in [0.2, 0.25) is 0 Å². The van der Waals surface area contributed by atoms with E-state index in [0.29, 0.717) is 0 Å². The zero-order chi connectivity index (χ0) is 16.1. The molecule has 0 saturated carbocycles. The summed E-state index contributed by atoms with van der Waals surface area (Å²) in [6.07, 6.45) is 1.85. The van der Waals surface area contributed by atoms with E-state index in [1.54, 1.807) is 0 Å². The second-order valence-corrected chi connectivity index (χ2v) is 6.07. The van der Waals surface area contributed by atoms with Crippen LogP contribution in [0.25, 0.3) is 0 Å². The maximum Gasteiger partial charge on any atom is 0.302 e. The summed E-state index contributed by atoms with van der Waals surface area (Å²) in [5, 5.41) is 3.59. The van der Waals surface area contributed by atoms with Crippen LogP contribution >= 0.6 is 12.4 Å². The maximum absolute atomic E-state index is 11.5.